The van der Waals surface area contributed by atoms with Crippen LogP contribution >= 0.6 is 0 Å². The summed E-state index contributed by atoms with van der Waals surface area (Å²) in [5.74, 6) is -0.141. The summed E-state index contributed by atoms with van der Waals surface area (Å²) in [7, 11) is 0. The number of anilines is 1. The summed E-state index contributed by atoms with van der Waals surface area (Å²) in [6.45, 7) is 3.36. The molecule has 3 rings (SSSR count). The third-order valence-electron chi connectivity index (χ3n) is 3.45. The summed E-state index contributed by atoms with van der Waals surface area (Å²) in [5, 5.41) is 6.60. The van der Waals surface area contributed by atoms with Crippen molar-refractivity contribution < 1.29 is 14.3 Å². The second-order valence-corrected chi connectivity index (χ2v) is 5.73. The molecule has 0 spiro atoms. The van der Waals surface area contributed by atoms with Crippen LogP contribution in [0.3, 0.4) is 0 Å². The lowest BCUT2D eigenvalue weighted by molar-refractivity contribution is -0.129. The Morgan fingerprint density at radius 1 is 1.33 bits per heavy atom. The van der Waals surface area contributed by atoms with Gasteiger partial charge in [-0.25, -0.2) is 5.43 Å². The van der Waals surface area contributed by atoms with Gasteiger partial charge in [0.25, 0.3) is 11.8 Å². The fourth-order valence-electron chi connectivity index (χ4n) is 2.13. The fourth-order valence-corrected chi connectivity index (χ4v) is 2.13. The monoisotopic (exact) mass is 324 g/mol. The van der Waals surface area contributed by atoms with Crippen molar-refractivity contribution in [3.63, 3.8) is 0 Å². The Labute approximate surface area is 138 Å². The van der Waals surface area contributed by atoms with E-state index in [2.05, 4.69) is 20.8 Å². The molecule has 2 aromatic rings. The average Bonchev–Trinajstić information content (AvgIpc) is 2.56. The highest BCUT2D eigenvalue weighted by Gasteiger charge is 2.35. The van der Waals surface area contributed by atoms with Gasteiger partial charge < -0.3 is 10.1 Å². The molecule has 1 aromatic heterocycles. The van der Waals surface area contributed by atoms with E-state index in [1.54, 1.807) is 50.4 Å². The molecule has 0 radical (unpaired) electrons. The largest absolute Gasteiger partial charge is 0.476 e. The molecule has 0 aliphatic carbocycles. The number of benzene rings is 1. The van der Waals surface area contributed by atoms with Crippen LogP contribution in [-0.2, 0) is 4.79 Å². The minimum atomic E-state index is -0.941. The van der Waals surface area contributed by atoms with Crippen molar-refractivity contribution in [2.45, 2.75) is 19.4 Å². The van der Waals surface area contributed by atoms with E-state index in [0.29, 0.717) is 22.7 Å². The highest BCUT2D eigenvalue weighted by atomic mass is 16.5. The zero-order valence-corrected chi connectivity index (χ0v) is 13.2. The van der Waals surface area contributed by atoms with E-state index in [0.717, 1.165) is 0 Å². The number of amides is 2. The van der Waals surface area contributed by atoms with E-state index in [1.165, 1.54) is 6.21 Å². The summed E-state index contributed by atoms with van der Waals surface area (Å²) in [6.07, 6.45) is 3.08. The summed E-state index contributed by atoms with van der Waals surface area (Å²) in [6, 6.07) is 10.2. The van der Waals surface area contributed by atoms with E-state index < -0.39 is 11.5 Å². The molecular weight excluding hydrogens is 308 g/mol. The van der Waals surface area contributed by atoms with Gasteiger partial charge in [-0.1, -0.05) is 6.07 Å². The van der Waals surface area contributed by atoms with Crippen LogP contribution in [0.1, 0.15) is 29.9 Å². The Morgan fingerprint density at radius 2 is 2.17 bits per heavy atom. The lowest BCUT2D eigenvalue weighted by Crippen LogP contribution is -2.45. The maximum atomic E-state index is 12.1. The van der Waals surface area contributed by atoms with Gasteiger partial charge in [0.05, 0.1) is 17.6 Å². The molecule has 24 heavy (non-hydrogen) atoms. The van der Waals surface area contributed by atoms with E-state index >= 15 is 0 Å². The Hall–Kier alpha value is -3.22. The van der Waals surface area contributed by atoms with Crippen molar-refractivity contribution in [1.29, 1.82) is 0 Å². The number of rotatable bonds is 3. The lowest BCUT2D eigenvalue weighted by atomic mass is 10.0. The number of nitrogens with zero attached hydrogens (tertiary/aromatic N) is 2. The van der Waals surface area contributed by atoms with Crippen molar-refractivity contribution in [2.75, 3.05) is 5.32 Å². The third kappa shape index (κ3) is 3.24. The predicted molar refractivity (Wildman–Crippen MR) is 89.1 cm³/mol. The topological polar surface area (TPSA) is 92.7 Å². The van der Waals surface area contributed by atoms with Gasteiger partial charge in [-0.05, 0) is 44.2 Å². The zero-order chi connectivity index (χ0) is 17.2. The molecule has 0 atom stereocenters. The quantitative estimate of drug-likeness (QED) is 0.667. The summed E-state index contributed by atoms with van der Waals surface area (Å²) in [4.78, 5) is 28.1. The Morgan fingerprint density at radius 3 is 2.92 bits per heavy atom. The van der Waals surface area contributed by atoms with Crippen LogP contribution in [0, 0.1) is 0 Å². The molecule has 2 heterocycles. The standard InChI is InChI=1S/C17H16N4O3/c1-17(2)16(23)20-13-9-11(6-7-14(13)24-17)15(22)21-19-10-12-5-3-4-8-18-12/h3-10H,1-2H3,(H,20,23)(H,21,22)/b19-10-. The van der Waals surface area contributed by atoms with Crippen LogP contribution in [0.4, 0.5) is 5.69 Å². The van der Waals surface area contributed by atoms with E-state index in [4.69, 9.17) is 4.74 Å². The second kappa shape index (κ2) is 6.11. The number of hydrogen-bond acceptors (Lipinski definition) is 5. The molecule has 0 saturated heterocycles. The van der Waals surface area contributed by atoms with Crippen molar-refractivity contribution >= 4 is 23.7 Å². The molecule has 122 valence electrons. The van der Waals surface area contributed by atoms with Crippen LogP contribution in [0.15, 0.2) is 47.7 Å². The van der Waals surface area contributed by atoms with Crippen LogP contribution in [0.5, 0.6) is 5.75 Å². The first-order valence-electron chi connectivity index (χ1n) is 7.35. The van der Waals surface area contributed by atoms with Crippen molar-refractivity contribution in [3.05, 3.63) is 53.9 Å². The Bertz CT molecular complexity index is 816. The van der Waals surface area contributed by atoms with Crippen molar-refractivity contribution in [3.8, 4) is 5.75 Å². The molecule has 7 nitrogen and oxygen atoms in total. The first-order valence-corrected chi connectivity index (χ1v) is 7.35. The Kier molecular flexibility index (Phi) is 3.99. The number of hydrogen-bond donors (Lipinski definition) is 2. The normalized spacial score (nSPS) is 15.3. The first kappa shape index (κ1) is 15.7. The van der Waals surface area contributed by atoms with Crippen LogP contribution in [-0.4, -0.2) is 28.6 Å². The van der Waals surface area contributed by atoms with Gasteiger partial charge in [0.15, 0.2) is 5.60 Å². The van der Waals surface area contributed by atoms with Gasteiger partial charge in [0, 0.05) is 11.8 Å². The van der Waals surface area contributed by atoms with Gasteiger partial charge >= 0.3 is 0 Å². The smallest absolute Gasteiger partial charge is 0.271 e. The molecule has 2 amide bonds. The molecule has 0 fully saturated rings. The number of pyridine rings is 1. The number of carbonyl (C=O) groups excluding carboxylic acids is 2. The van der Waals surface area contributed by atoms with Gasteiger partial charge in [-0.2, -0.15) is 5.10 Å². The molecule has 1 aliphatic rings. The summed E-state index contributed by atoms with van der Waals surface area (Å²) in [5.41, 5.74) is 2.92. The van der Waals surface area contributed by atoms with Gasteiger partial charge in [0.2, 0.25) is 0 Å². The average molecular weight is 324 g/mol. The summed E-state index contributed by atoms with van der Waals surface area (Å²) >= 11 is 0. The van der Waals surface area contributed by atoms with Crippen LogP contribution in [0.2, 0.25) is 0 Å². The molecule has 0 unspecified atom stereocenters. The predicted octanol–water partition coefficient (Wildman–Crippen LogP) is 1.95. The number of fused-ring (bicyclic) bond motifs is 1. The van der Waals surface area contributed by atoms with E-state index in [1.807, 2.05) is 6.07 Å². The number of carbonyl (C=O) groups is 2. The molecule has 0 bridgehead atoms. The first-order chi connectivity index (χ1) is 11.5. The van der Waals surface area contributed by atoms with Crippen molar-refractivity contribution in [1.82, 2.24) is 10.4 Å². The molecular formula is C17H16N4O3. The lowest BCUT2D eigenvalue weighted by Gasteiger charge is -2.31. The number of aromatic nitrogens is 1. The summed E-state index contributed by atoms with van der Waals surface area (Å²) < 4.78 is 5.62. The molecule has 1 aliphatic heterocycles. The number of nitrogens with one attached hydrogen (secondary N) is 2. The number of hydrazone groups is 1. The second-order valence-electron chi connectivity index (χ2n) is 5.73. The third-order valence-corrected chi connectivity index (χ3v) is 3.45. The fraction of sp³-hybridized carbons (Fsp3) is 0.176. The Balaban J connectivity index is 1.72. The minimum Gasteiger partial charge on any atom is -0.476 e. The number of ether oxygens (including phenoxy) is 1. The molecule has 0 saturated carbocycles. The minimum absolute atomic E-state index is 0.263. The highest BCUT2D eigenvalue weighted by Crippen LogP contribution is 2.34. The molecule has 7 heteroatoms. The van der Waals surface area contributed by atoms with Gasteiger partial charge in [-0.15, -0.1) is 0 Å². The van der Waals surface area contributed by atoms with Gasteiger partial charge in [-0.3, -0.25) is 14.6 Å². The zero-order valence-electron chi connectivity index (χ0n) is 13.2. The van der Waals surface area contributed by atoms with Crippen LogP contribution in [0.25, 0.3) is 0 Å². The SMILES string of the molecule is CC1(C)Oc2ccc(C(=O)N/N=C\c3ccccn3)cc2NC1=O. The van der Waals surface area contributed by atoms with Gasteiger partial charge in [0.1, 0.15) is 5.75 Å². The van der Waals surface area contributed by atoms with Crippen molar-refractivity contribution in [2.24, 2.45) is 5.10 Å². The maximum Gasteiger partial charge on any atom is 0.271 e. The maximum absolute atomic E-state index is 12.1. The molecule has 2 N–H and O–H groups in total. The molecule has 1 aromatic carbocycles. The van der Waals surface area contributed by atoms with E-state index in [-0.39, 0.29) is 5.91 Å². The van der Waals surface area contributed by atoms with Crippen LogP contribution < -0.4 is 15.5 Å². The highest BCUT2D eigenvalue weighted by molar-refractivity contribution is 6.02. The van der Waals surface area contributed by atoms with E-state index in [9.17, 15) is 9.59 Å².